The minimum absolute atomic E-state index is 0.00775. The molecular formula is C31H37N7O4. The molecule has 220 valence electrons. The van der Waals surface area contributed by atoms with E-state index < -0.39 is 5.91 Å². The molecule has 3 amide bonds. The summed E-state index contributed by atoms with van der Waals surface area (Å²) in [6.07, 6.45) is 3.67. The Morgan fingerprint density at radius 1 is 1.02 bits per heavy atom. The van der Waals surface area contributed by atoms with Gasteiger partial charge in [-0.05, 0) is 55.2 Å². The fraction of sp³-hybridized carbons (Fsp3) is 0.323. The standard InChI is InChI=1S/C31H37N7O4/c1-7-38-24(16-19(2)36-38)29(41)35-30-34-23-17-21(27(32)39)18-25(42-6)26(23)37(30)15-9-8-14-33-28(40)20-10-12-22(13-11-20)31(3,4)5/h8-13,16-18H,7,14-15H2,1-6H3,(H2,32,39)(H,33,40)(H,34,35,41)/b9-8+. The number of methoxy groups -OCH3 is 1. The monoisotopic (exact) mass is 571 g/mol. The van der Waals surface area contributed by atoms with Gasteiger partial charge in [0.25, 0.3) is 11.8 Å². The topological polar surface area (TPSA) is 146 Å². The number of carbonyl (C=O) groups is 3. The van der Waals surface area contributed by atoms with Gasteiger partial charge in [-0.15, -0.1) is 0 Å². The lowest BCUT2D eigenvalue weighted by Crippen LogP contribution is -2.23. The first-order chi connectivity index (χ1) is 19.9. The highest BCUT2D eigenvalue weighted by molar-refractivity contribution is 6.04. The third kappa shape index (κ3) is 6.51. The molecule has 4 N–H and O–H groups in total. The van der Waals surface area contributed by atoms with E-state index in [9.17, 15) is 14.4 Å². The molecule has 11 nitrogen and oxygen atoms in total. The van der Waals surface area contributed by atoms with Gasteiger partial charge < -0.3 is 20.4 Å². The van der Waals surface area contributed by atoms with Crippen molar-refractivity contribution in [3.05, 3.63) is 82.7 Å². The zero-order valence-corrected chi connectivity index (χ0v) is 24.8. The summed E-state index contributed by atoms with van der Waals surface area (Å²) in [5.74, 6) is -0.545. The summed E-state index contributed by atoms with van der Waals surface area (Å²) in [4.78, 5) is 42.4. The van der Waals surface area contributed by atoms with Gasteiger partial charge in [-0.2, -0.15) is 5.10 Å². The van der Waals surface area contributed by atoms with Crippen LogP contribution in [0.25, 0.3) is 11.0 Å². The summed E-state index contributed by atoms with van der Waals surface area (Å²) in [5, 5.41) is 10.1. The number of primary amides is 1. The van der Waals surface area contributed by atoms with Crippen LogP contribution in [0.3, 0.4) is 0 Å². The van der Waals surface area contributed by atoms with Crippen LogP contribution in [-0.4, -0.2) is 50.7 Å². The number of nitrogens with one attached hydrogen (secondary N) is 2. The Morgan fingerprint density at radius 2 is 1.74 bits per heavy atom. The van der Waals surface area contributed by atoms with E-state index >= 15 is 0 Å². The number of carbonyl (C=O) groups excluding carboxylic acids is 3. The summed E-state index contributed by atoms with van der Waals surface area (Å²) < 4.78 is 8.94. The molecule has 11 heteroatoms. The van der Waals surface area contributed by atoms with Crippen molar-refractivity contribution in [1.29, 1.82) is 0 Å². The first-order valence-electron chi connectivity index (χ1n) is 13.7. The van der Waals surface area contributed by atoms with Crippen LogP contribution < -0.4 is 21.1 Å². The second-order valence-electron chi connectivity index (χ2n) is 10.9. The normalized spacial score (nSPS) is 11.7. The third-order valence-electron chi connectivity index (χ3n) is 6.82. The molecule has 0 aliphatic carbocycles. The number of ether oxygens (including phenoxy) is 1. The van der Waals surface area contributed by atoms with E-state index in [2.05, 4.69) is 41.5 Å². The summed E-state index contributed by atoms with van der Waals surface area (Å²) in [7, 11) is 1.48. The lowest BCUT2D eigenvalue weighted by Gasteiger charge is -2.19. The third-order valence-corrected chi connectivity index (χ3v) is 6.82. The number of fused-ring (bicyclic) bond motifs is 1. The Hall–Kier alpha value is -4.93. The van der Waals surface area contributed by atoms with Crippen LogP contribution in [-0.2, 0) is 18.5 Å². The quantitative estimate of drug-likeness (QED) is 0.243. The fourth-order valence-electron chi connectivity index (χ4n) is 4.57. The van der Waals surface area contributed by atoms with Gasteiger partial charge in [0.15, 0.2) is 0 Å². The first kappa shape index (κ1) is 30.0. The smallest absolute Gasteiger partial charge is 0.276 e. The zero-order chi connectivity index (χ0) is 30.6. The highest BCUT2D eigenvalue weighted by Crippen LogP contribution is 2.31. The van der Waals surface area contributed by atoms with Crippen LogP contribution in [0.2, 0.25) is 0 Å². The molecule has 2 heterocycles. The SMILES string of the molecule is CCn1nc(C)cc1C(=O)Nc1nc2cc(C(N)=O)cc(OC)c2n1C/C=C/CNC(=O)c1ccc(C(C)(C)C)cc1. The molecule has 0 aliphatic rings. The van der Waals surface area contributed by atoms with Crippen molar-refractivity contribution in [3.8, 4) is 5.75 Å². The lowest BCUT2D eigenvalue weighted by atomic mass is 9.87. The predicted molar refractivity (Wildman–Crippen MR) is 162 cm³/mol. The summed E-state index contributed by atoms with van der Waals surface area (Å²) >= 11 is 0. The van der Waals surface area contributed by atoms with Crippen LogP contribution in [0.4, 0.5) is 5.95 Å². The molecule has 0 unspecified atom stereocenters. The predicted octanol–water partition coefficient (Wildman–Crippen LogP) is 4.20. The van der Waals surface area contributed by atoms with Gasteiger partial charge >= 0.3 is 0 Å². The second-order valence-corrected chi connectivity index (χ2v) is 10.9. The molecule has 0 fully saturated rings. The van der Waals surface area contributed by atoms with E-state index in [1.165, 1.54) is 7.11 Å². The number of rotatable bonds is 10. The number of amides is 3. The fourth-order valence-corrected chi connectivity index (χ4v) is 4.57. The van der Waals surface area contributed by atoms with Crippen LogP contribution in [0, 0.1) is 6.92 Å². The number of nitrogens with two attached hydrogens (primary N) is 1. The molecule has 2 aromatic heterocycles. The summed E-state index contributed by atoms with van der Waals surface area (Å²) in [6, 6.07) is 12.4. The van der Waals surface area contributed by atoms with Gasteiger partial charge in [-0.25, -0.2) is 4.98 Å². The van der Waals surface area contributed by atoms with Crippen LogP contribution >= 0.6 is 0 Å². The Kier molecular flexibility index (Phi) is 8.79. The van der Waals surface area contributed by atoms with E-state index in [-0.39, 0.29) is 28.7 Å². The number of anilines is 1. The molecule has 42 heavy (non-hydrogen) atoms. The minimum atomic E-state index is -0.624. The van der Waals surface area contributed by atoms with Crippen molar-refractivity contribution < 1.29 is 19.1 Å². The van der Waals surface area contributed by atoms with E-state index in [0.29, 0.717) is 47.7 Å². The molecule has 0 aliphatic heterocycles. The zero-order valence-electron chi connectivity index (χ0n) is 24.8. The van der Waals surface area contributed by atoms with Crippen molar-refractivity contribution in [2.24, 2.45) is 5.73 Å². The van der Waals surface area contributed by atoms with Crippen LogP contribution in [0.15, 0.2) is 54.6 Å². The number of benzene rings is 2. The number of aromatic nitrogens is 4. The molecule has 0 spiro atoms. The number of imidazole rings is 1. The Bertz CT molecular complexity index is 1660. The average molecular weight is 572 g/mol. The van der Waals surface area contributed by atoms with Crippen molar-refractivity contribution in [2.75, 3.05) is 19.0 Å². The van der Waals surface area contributed by atoms with Crippen LogP contribution in [0.5, 0.6) is 5.75 Å². The van der Waals surface area contributed by atoms with Gasteiger partial charge in [0.1, 0.15) is 17.0 Å². The van der Waals surface area contributed by atoms with Crippen molar-refractivity contribution in [2.45, 2.75) is 53.1 Å². The highest BCUT2D eigenvalue weighted by Gasteiger charge is 2.21. The molecule has 0 atom stereocenters. The van der Waals surface area contributed by atoms with Crippen LogP contribution in [0.1, 0.15) is 70.2 Å². The largest absolute Gasteiger partial charge is 0.494 e. The number of nitrogens with zero attached hydrogens (tertiary/aromatic N) is 4. The average Bonchev–Trinajstić information content (AvgIpc) is 3.51. The molecular weight excluding hydrogens is 534 g/mol. The number of hydrogen-bond donors (Lipinski definition) is 3. The highest BCUT2D eigenvalue weighted by atomic mass is 16.5. The Morgan fingerprint density at radius 3 is 2.36 bits per heavy atom. The van der Waals surface area contributed by atoms with Crippen molar-refractivity contribution in [1.82, 2.24) is 24.6 Å². The van der Waals surface area contributed by atoms with Crippen molar-refractivity contribution >= 4 is 34.7 Å². The molecule has 0 bridgehead atoms. The Labute approximate surface area is 244 Å². The van der Waals surface area contributed by atoms with E-state index in [4.69, 9.17) is 10.5 Å². The van der Waals surface area contributed by atoms with Gasteiger partial charge in [0.2, 0.25) is 11.9 Å². The maximum absolute atomic E-state index is 13.2. The number of allylic oxidation sites excluding steroid dienone is 1. The molecule has 0 saturated heterocycles. The summed E-state index contributed by atoms with van der Waals surface area (Å²) in [5.41, 5.74) is 9.61. The van der Waals surface area contributed by atoms with Crippen molar-refractivity contribution in [3.63, 3.8) is 0 Å². The Balaban J connectivity index is 1.56. The number of hydrogen-bond acceptors (Lipinski definition) is 6. The molecule has 0 saturated carbocycles. The molecule has 4 rings (SSSR count). The van der Waals surface area contributed by atoms with Gasteiger partial charge in [0.05, 0.1) is 18.3 Å². The number of aryl methyl sites for hydroxylation is 2. The van der Waals surface area contributed by atoms with E-state index in [1.54, 1.807) is 27.4 Å². The van der Waals surface area contributed by atoms with E-state index in [1.807, 2.05) is 50.3 Å². The van der Waals surface area contributed by atoms with Gasteiger partial charge in [0, 0.05) is 30.8 Å². The van der Waals surface area contributed by atoms with Gasteiger partial charge in [-0.3, -0.25) is 24.4 Å². The maximum Gasteiger partial charge on any atom is 0.276 e. The second kappa shape index (κ2) is 12.3. The lowest BCUT2D eigenvalue weighted by molar-refractivity contribution is 0.0955. The first-order valence-corrected chi connectivity index (χ1v) is 13.7. The molecule has 0 radical (unpaired) electrons. The van der Waals surface area contributed by atoms with Gasteiger partial charge in [-0.1, -0.05) is 45.1 Å². The summed E-state index contributed by atoms with van der Waals surface area (Å²) in [6.45, 7) is 11.2. The maximum atomic E-state index is 13.2. The minimum Gasteiger partial charge on any atom is -0.494 e. The van der Waals surface area contributed by atoms with E-state index in [0.717, 1.165) is 11.3 Å². The molecule has 2 aromatic carbocycles. The molecule has 4 aromatic rings.